The van der Waals surface area contributed by atoms with Crippen LogP contribution in [0.5, 0.6) is 0 Å². The molecule has 4 aliphatic heterocycles. The quantitative estimate of drug-likeness (QED) is 0.403. The van der Waals surface area contributed by atoms with Crippen LogP contribution < -0.4 is 5.32 Å². The zero-order valence-electron chi connectivity index (χ0n) is 29.1. The van der Waals surface area contributed by atoms with Crippen LogP contribution in [0.1, 0.15) is 55.2 Å². The van der Waals surface area contributed by atoms with Crippen LogP contribution in [0, 0.1) is 6.92 Å². The first-order chi connectivity index (χ1) is 23.7. The number of urea groups is 1. The van der Waals surface area contributed by atoms with Crippen LogP contribution in [0.2, 0.25) is 0 Å². The summed E-state index contributed by atoms with van der Waals surface area (Å²) in [5.74, 6) is -0.483. The number of hydrogen-bond acceptors (Lipinski definition) is 7. The molecule has 3 saturated heterocycles. The molecule has 0 spiro atoms. The molecule has 3 aromatic rings. The second-order valence-corrected chi connectivity index (χ2v) is 14.4. The molecule has 12 nitrogen and oxygen atoms in total. The Labute approximate surface area is 288 Å². The topological polar surface area (TPSA) is 117 Å². The van der Waals surface area contributed by atoms with Crippen LogP contribution in [0.4, 0.5) is 15.3 Å². The van der Waals surface area contributed by atoms with Crippen LogP contribution in [-0.2, 0) is 16.0 Å². The van der Waals surface area contributed by atoms with E-state index < -0.39 is 12.2 Å². The second kappa shape index (κ2) is 14.4. The van der Waals surface area contributed by atoms with Gasteiger partial charge in [-0.1, -0.05) is 31.2 Å². The first-order valence-corrected chi connectivity index (χ1v) is 18.0. The van der Waals surface area contributed by atoms with E-state index in [1.807, 2.05) is 47.9 Å². The van der Waals surface area contributed by atoms with Gasteiger partial charge in [0.1, 0.15) is 0 Å². The fourth-order valence-electron chi connectivity index (χ4n) is 8.17. The number of amides is 4. The Bertz CT molecular complexity index is 1650. The summed E-state index contributed by atoms with van der Waals surface area (Å²) < 4.78 is 6.24. The number of carbonyl (C=O) groups excluding carboxylic acids is 3. The first-order valence-electron chi connectivity index (χ1n) is 18.0. The number of benzene rings is 2. The fraction of sp³-hybridized carbons (Fsp3) is 0.568. The predicted molar refractivity (Wildman–Crippen MR) is 189 cm³/mol. The van der Waals surface area contributed by atoms with Gasteiger partial charge < -0.3 is 29.7 Å². The van der Waals surface area contributed by atoms with E-state index in [0.29, 0.717) is 51.6 Å². The number of hydrogen-bond donors (Lipinski definition) is 2. The molecule has 0 aliphatic carbocycles. The molecule has 0 radical (unpaired) electrons. The molecule has 7 rings (SSSR count). The molecule has 2 aromatic carbocycles. The number of carbonyl (C=O) groups is 3. The Balaban J connectivity index is 1.02. The van der Waals surface area contributed by atoms with Gasteiger partial charge in [-0.2, -0.15) is 5.10 Å². The summed E-state index contributed by atoms with van der Waals surface area (Å²) in [5, 5.41) is 11.3. The monoisotopic (exact) mass is 670 g/mol. The van der Waals surface area contributed by atoms with Gasteiger partial charge >= 0.3 is 12.1 Å². The highest BCUT2D eigenvalue weighted by Gasteiger charge is 2.39. The minimum absolute atomic E-state index is 0.0287. The zero-order chi connectivity index (χ0) is 34.1. The van der Waals surface area contributed by atoms with Crippen molar-refractivity contribution in [2.45, 2.75) is 70.1 Å². The molecule has 3 fully saturated rings. The van der Waals surface area contributed by atoms with E-state index in [1.165, 1.54) is 0 Å². The highest BCUT2D eigenvalue weighted by Crippen LogP contribution is 2.31. The van der Waals surface area contributed by atoms with Gasteiger partial charge in [-0.25, -0.2) is 9.59 Å². The number of nitrogens with one attached hydrogen (secondary N) is 2. The molecule has 2 atom stereocenters. The molecule has 1 aromatic heterocycles. The van der Waals surface area contributed by atoms with Crippen molar-refractivity contribution in [1.29, 1.82) is 0 Å². The van der Waals surface area contributed by atoms with Gasteiger partial charge in [0.05, 0.1) is 11.7 Å². The second-order valence-electron chi connectivity index (χ2n) is 14.4. The molecule has 12 heteroatoms. The molecule has 0 bridgehead atoms. The Morgan fingerprint density at radius 2 is 1.59 bits per heavy atom. The van der Waals surface area contributed by atoms with Gasteiger partial charge in [-0.3, -0.25) is 14.8 Å². The van der Waals surface area contributed by atoms with E-state index in [0.717, 1.165) is 78.7 Å². The predicted octanol–water partition coefficient (Wildman–Crippen LogP) is 4.27. The van der Waals surface area contributed by atoms with Crippen molar-refractivity contribution >= 4 is 34.6 Å². The first kappa shape index (κ1) is 33.3. The SMILES string of the molecule is Cc1cc(C(C)C(OC(=O)N2CCC(N3CCc4ccccc4NC3=O)CC2)C(=O)N2CCC(N3CCN(C)CC3)CC2)cc2cn[nH]c12. The van der Waals surface area contributed by atoms with E-state index in [4.69, 9.17) is 4.74 Å². The van der Waals surface area contributed by atoms with E-state index in [9.17, 15) is 14.4 Å². The van der Waals surface area contributed by atoms with Gasteiger partial charge in [0.15, 0.2) is 6.10 Å². The van der Waals surface area contributed by atoms with Crippen molar-refractivity contribution in [3.63, 3.8) is 0 Å². The number of aryl methyl sites for hydroxylation is 1. The fourth-order valence-corrected chi connectivity index (χ4v) is 8.17. The summed E-state index contributed by atoms with van der Waals surface area (Å²) in [6.45, 7) is 11.2. The number of para-hydroxylation sites is 1. The molecule has 0 saturated carbocycles. The maximum atomic E-state index is 14.3. The van der Waals surface area contributed by atoms with Gasteiger partial charge in [-0.05, 0) is 74.9 Å². The lowest BCUT2D eigenvalue weighted by Gasteiger charge is -2.43. The Morgan fingerprint density at radius 1 is 0.898 bits per heavy atom. The number of H-pyrrole nitrogens is 1. The molecule has 4 aliphatic rings. The zero-order valence-corrected chi connectivity index (χ0v) is 29.1. The van der Waals surface area contributed by atoms with Gasteiger partial charge in [0, 0.05) is 88.0 Å². The van der Waals surface area contributed by atoms with Crippen molar-refractivity contribution in [2.24, 2.45) is 0 Å². The third-order valence-corrected chi connectivity index (χ3v) is 11.4. The lowest BCUT2D eigenvalue weighted by atomic mass is 9.91. The number of aromatic nitrogens is 2. The van der Waals surface area contributed by atoms with Crippen molar-refractivity contribution in [2.75, 3.05) is 71.3 Å². The molecular formula is C37H50N8O4. The molecule has 5 heterocycles. The highest BCUT2D eigenvalue weighted by molar-refractivity contribution is 5.91. The standard InChI is InChI=1S/C37H50N8O4/c1-25-22-28(23-29-24-38-40-33(25)29)26(2)34(35(46)43-13-9-30(10-14-43)42-20-18-41(3)19-21-42)49-37(48)44-15-11-31(12-16-44)45-17-8-27-6-4-5-7-32(27)39-36(45)47/h4-7,22-24,26,30-31,34H,8-21H2,1-3H3,(H,38,40)(H,39,47). The molecule has 262 valence electrons. The van der Waals surface area contributed by atoms with Crippen molar-refractivity contribution in [3.8, 4) is 0 Å². The van der Waals surface area contributed by atoms with Crippen molar-refractivity contribution in [1.82, 2.24) is 34.7 Å². The molecule has 2 unspecified atom stereocenters. The third-order valence-electron chi connectivity index (χ3n) is 11.4. The molecule has 2 N–H and O–H groups in total. The number of fused-ring (bicyclic) bond motifs is 2. The average molecular weight is 671 g/mol. The van der Waals surface area contributed by atoms with Crippen LogP contribution in [0.3, 0.4) is 0 Å². The van der Waals surface area contributed by atoms with Gasteiger partial charge in [-0.15, -0.1) is 0 Å². The van der Waals surface area contributed by atoms with E-state index in [-0.39, 0.29) is 23.9 Å². The minimum atomic E-state index is -0.955. The summed E-state index contributed by atoms with van der Waals surface area (Å²) in [6.07, 6.45) is 4.31. The van der Waals surface area contributed by atoms with Gasteiger partial charge in [0.25, 0.3) is 5.91 Å². The normalized spacial score (nSPS) is 21.6. The lowest BCUT2D eigenvalue weighted by molar-refractivity contribution is -0.143. The number of ether oxygens (including phenoxy) is 1. The Kier molecular flexibility index (Phi) is 9.77. The third kappa shape index (κ3) is 7.12. The largest absolute Gasteiger partial charge is 0.435 e. The van der Waals surface area contributed by atoms with E-state index in [1.54, 1.807) is 11.1 Å². The Hall–Kier alpha value is -4.16. The number of likely N-dealkylation sites (tertiary alicyclic amines) is 2. The number of nitrogens with zero attached hydrogens (tertiary/aromatic N) is 6. The lowest BCUT2D eigenvalue weighted by Crippen LogP contribution is -2.55. The number of anilines is 1. The Morgan fingerprint density at radius 3 is 2.35 bits per heavy atom. The van der Waals surface area contributed by atoms with Gasteiger partial charge in [0.2, 0.25) is 0 Å². The number of rotatable bonds is 6. The van der Waals surface area contributed by atoms with E-state index in [2.05, 4.69) is 44.5 Å². The number of likely N-dealkylation sites (N-methyl/N-ethyl adjacent to an activating group) is 1. The van der Waals surface area contributed by atoms with Crippen LogP contribution >= 0.6 is 0 Å². The summed E-state index contributed by atoms with van der Waals surface area (Å²) in [6, 6.07) is 12.5. The summed E-state index contributed by atoms with van der Waals surface area (Å²) in [4.78, 5) is 51.7. The summed E-state index contributed by atoms with van der Waals surface area (Å²) >= 11 is 0. The molecular weight excluding hydrogens is 620 g/mol. The number of piperazine rings is 1. The molecule has 4 amide bonds. The maximum absolute atomic E-state index is 14.3. The number of piperidine rings is 2. The highest BCUT2D eigenvalue weighted by atomic mass is 16.6. The van der Waals surface area contributed by atoms with Crippen LogP contribution in [0.15, 0.2) is 42.6 Å². The maximum Gasteiger partial charge on any atom is 0.410 e. The number of aromatic amines is 1. The smallest absolute Gasteiger partial charge is 0.410 e. The van der Waals surface area contributed by atoms with Crippen molar-refractivity contribution < 1.29 is 19.1 Å². The summed E-state index contributed by atoms with van der Waals surface area (Å²) in [5.41, 5.74) is 4.94. The van der Waals surface area contributed by atoms with Crippen molar-refractivity contribution in [3.05, 3.63) is 59.3 Å². The summed E-state index contributed by atoms with van der Waals surface area (Å²) in [7, 11) is 2.17. The minimum Gasteiger partial charge on any atom is -0.435 e. The van der Waals surface area contributed by atoms with E-state index >= 15 is 0 Å². The van der Waals surface area contributed by atoms with Crippen LogP contribution in [-0.4, -0.2) is 137 Å². The van der Waals surface area contributed by atoms with Crippen LogP contribution in [0.25, 0.3) is 10.9 Å². The average Bonchev–Trinajstić information content (AvgIpc) is 3.54. The molecule has 49 heavy (non-hydrogen) atoms.